The molecule has 1 aliphatic carbocycles. The molecule has 5 nitrogen and oxygen atoms in total. The highest BCUT2D eigenvalue weighted by molar-refractivity contribution is 5.68. The van der Waals surface area contributed by atoms with E-state index in [4.69, 9.17) is 9.47 Å². The molecule has 22 heavy (non-hydrogen) atoms. The van der Waals surface area contributed by atoms with E-state index >= 15 is 0 Å². The van der Waals surface area contributed by atoms with Crippen molar-refractivity contribution in [1.29, 1.82) is 0 Å². The molecule has 1 saturated carbocycles. The molecule has 3 fully saturated rings. The number of carbonyl (C=O) groups excluding carboxylic acids is 1. The SMILES string of the molecule is CC(C)(C)OC(=O)N1CCC(NC2CCCC3OCCC23)C1. The molecule has 4 unspecified atom stereocenters. The van der Waals surface area contributed by atoms with Crippen molar-refractivity contribution in [3.05, 3.63) is 0 Å². The van der Waals surface area contributed by atoms with Crippen molar-refractivity contribution in [3.8, 4) is 0 Å². The normalized spacial score (nSPS) is 35.5. The third kappa shape index (κ3) is 3.74. The lowest BCUT2D eigenvalue weighted by Gasteiger charge is -2.35. The number of rotatable bonds is 2. The van der Waals surface area contributed by atoms with E-state index in [1.807, 2.05) is 25.7 Å². The van der Waals surface area contributed by atoms with Crippen LogP contribution in [0.4, 0.5) is 4.79 Å². The number of hydrogen-bond donors (Lipinski definition) is 1. The van der Waals surface area contributed by atoms with Gasteiger partial charge in [-0.2, -0.15) is 0 Å². The monoisotopic (exact) mass is 310 g/mol. The highest BCUT2D eigenvalue weighted by atomic mass is 16.6. The summed E-state index contributed by atoms with van der Waals surface area (Å²) >= 11 is 0. The van der Waals surface area contributed by atoms with Gasteiger partial charge in [-0.05, 0) is 52.9 Å². The molecule has 0 aromatic heterocycles. The Morgan fingerprint density at radius 3 is 2.82 bits per heavy atom. The van der Waals surface area contributed by atoms with Gasteiger partial charge in [-0.15, -0.1) is 0 Å². The fourth-order valence-corrected chi connectivity index (χ4v) is 4.07. The lowest BCUT2D eigenvalue weighted by molar-refractivity contribution is 0.0284. The Kier molecular flexibility index (Phi) is 4.64. The number of carbonyl (C=O) groups is 1. The number of fused-ring (bicyclic) bond motifs is 1. The topological polar surface area (TPSA) is 50.8 Å². The number of likely N-dealkylation sites (tertiary alicyclic amines) is 1. The van der Waals surface area contributed by atoms with Crippen molar-refractivity contribution in [3.63, 3.8) is 0 Å². The molecule has 3 rings (SSSR count). The van der Waals surface area contributed by atoms with Crippen LogP contribution in [0, 0.1) is 5.92 Å². The molecular formula is C17H30N2O3. The Morgan fingerprint density at radius 2 is 2.05 bits per heavy atom. The fourth-order valence-electron chi connectivity index (χ4n) is 4.07. The quantitative estimate of drug-likeness (QED) is 0.851. The number of nitrogens with one attached hydrogen (secondary N) is 1. The van der Waals surface area contributed by atoms with Gasteiger partial charge in [0.1, 0.15) is 5.60 Å². The van der Waals surface area contributed by atoms with Crippen LogP contribution in [0.15, 0.2) is 0 Å². The lowest BCUT2D eigenvalue weighted by Crippen LogP contribution is -2.48. The first-order chi connectivity index (χ1) is 10.4. The zero-order valence-electron chi connectivity index (χ0n) is 14.1. The maximum Gasteiger partial charge on any atom is 0.410 e. The molecular weight excluding hydrogens is 280 g/mol. The van der Waals surface area contributed by atoms with Crippen molar-refractivity contribution in [1.82, 2.24) is 10.2 Å². The number of amides is 1. The predicted molar refractivity (Wildman–Crippen MR) is 84.8 cm³/mol. The molecule has 0 radical (unpaired) electrons. The second-order valence-corrected chi connectivity index (χ2v) is 7.98. The van der Waals surface area contributed by atoms with Crippen molar-refractivity contribution in [2.45, 2.75) is 76.7 Å². The summed E-state index contributed by atoms with van der Waals surface area (Å²) in [7, 11) is 0. The summed E-state index contributed by atoms with van der Waals surface area (Å²) in [6, 6.07) is 0.960. The van der Waals surface area contributed by atoms with Crippen molar-refractivity contribution < 1.29 is 14.3 Å². The number of ether oxygens (including phenoxy) is 2. The first kappa shape index (κ1) is 16.1. The molecule has 5 heteroatoms. The van der Waals surface area contributed by atoms with E-state index in [1.165, 1.54) is 25.7 Å². The highest BCUT2D eigenvalue weighted by Gasteiger charge is 2.39. The summed E-state index contributed by atoms with van der Waals surface area (Å²) in [6.45, 7) is 8.23. The van der Waals surface area contributed by atoms with Crippen molar-refractivity contribution in [2.24, 2.45) is 5.92 Å². The molecule has 0 aromatic carbocycles. The molecule has 1 N–H and O–H groups in total. The van der Waals surface area contributed by atoms with E-state index in [9.17, 15) is 4.79 Å². The lowest BCUT2D eigenvalue weighted by atomic mass is 9.81. The molecule has 2 aliphatic heterocycles. The van der Waals surface area contributed by atoms with Gasteiger partial charge in [0.2, 0.25) is 0 Å². The zero-order chi connectivity index (χ0) is 15.7. The second-order valence-electron chi connectivity index (χ2n) is 7.98. The van der Waals surface area contributed by atoms with Crippen LogP contribution < -0.4 is 5.32 Å². The first-order valence-electron chi connectivity index (χ1n) is 8.78. The second kappa shape index (κ2) is 6.36. The van der Waals surface area contributed by atoms with Gasteiger partial charge >= 0.3 is 6.09 Å². The first-order valence-corrected chi connectivity index (χ1v) is 8.78. The summed E-state index contributed by atoms with van der Waals surface area (Å²) in [6.07, 6.45) is 6.21. The van der Waals surface area contributed by atoms with E-state index < -0.39 is 5.60 Å². The molecule has 0 bridgehead atoms. The molecule has 2 saturated heterocycles. The van der Waals surface area contributed by atoms with Gasteiger partial charge in [-0.3, -0.25) is 0 Å². The smallest absolute Gasteiger partial charge is 0.410 e. The Balaban J connectivity index is 1.49. The van der Waals surface area contributed by atoms with Crippen LogP contribution in [0.3, 0.4) is 0 Å². The predicted octanol–water partition coefficient (Wildman–Crippen LogP) is 2.54. The molecule has 0 aromatic rings. The van der Waals surface area contributed by atoms with E-state index in [-0.39, 0.29) is 6.09 Å². The Morgan fingerprint density at radius 1 is 1.23 bits per heavy atom. The summed E-state index contributed by atoms with van der Waals surface area (Å²) in [5.74, 6) is 0.671. The van der Waals surface area contributed by atoms with Gasteiger partial charge in [0.25, 0.3) is 0 Å². The molecule has 0 spiro atoms. The van der Waals surface area contributed by atoms with E-state index in [1.54, 1.807) is 0 Å². The molecule has 126 valence electrons. The van der Waals surface area contributed by atoms with Crippen LogP contribution in [0.5, 0.6) is 0 Å². The molecule has 4 atom stereocenters. The van der Waals surface area contributed by atoms with Crippen LogP contribution >= 0.6 is 0 Å². The van der Waals surface area contributed by atoms with Gasteiger partial charge in [-0.25, -0.2) is 4.79 Å². The summed E-state index contributed by atoms with van der Waals surface area (Å²) in [4.78, 5) is 14.0. The van der Waals surface area contributed by atoms with Gasteiger partial charge in [0.05, 0.1) is 6.10 Å². The van der Waals surface area contributed by atoms with Crippen LogP contribution in [-0.4, -0.2) is 54.5 Å². The summed E-state index contributed by atoms with van der Waals surface area (Å²) in [5, 5.41) is 3.81. The minimum absolute atomic E-state index is 0.178. The summed E-state index contributed by atoms with van der Waals surface area (Å²) < 4.78 is 11.3. The number of hydrogen-bond acceptors (Lipinski definition) is 4. The van der Waals surface area contributed by atoms with Gasteiger partial charge in [0.15, 0.2) is 0 Å². The van der Waals surface area contributed by atoms with E-state index in [0.717, 1.165) is 26.1 Å². The molecule has 2 heterocycles. The van der Waals surface area contributed by atoms with Crippen molar-refractivity contribution >= 4 is 6.09 Å². The van der Waals surface area contributed by atoms with Crippen LogP contribution in [0.25, 0.3) is 0 Å². The minimum atomic E-state index is -0.416. The zero-order valence-corrected chi connectivity index (χ0v) is 14.1. The van der Waals surface area contributed by atoms with Gasteiger partial charge in [-0.1, -0.05) is 0 Å². The standard InChI is InChI=1S/C17H30N2O3/c1-17(2,3)22-16(20)19-9-7-12(11-19)18-14-5-4-6-15-13(14)8-10-21-15/h12-15,18H,4-11H2,1-3H3. The average Bonchev–Trinajstić information content (AvgIpc) is 3.05. The fraction of sp³-hybridized carbons (Fsp3) is 0.941. The van der Waals surface area contributed by atoms with Crippen LogP contribution in [0.1, 0.15) is 52.9 Å². The Labute approximate surface area is 133 Å². The third-order valence-corrected chi connectivity index (χ3v) is 5.07. The average molecular weight is 310 g/mol. The number of nitrogens with zero attached hydrogens (tertiary/aromatic N) is 1. The van der Waals surface area contributed by atoms with Crippen molar-refractivity contribution in [2.75, 3.05) is 19.7 Å². The van der Waals surface area contributed by atoms with E-state index in [0.29, 0.717) is 24.1 Å². The largest absolute Gasteiger partial charge is 0.444 e. The van der Waals surface area contributed by atoms with Gasteiger partial charge < -0.3 is 19.7 Å². The third-order valence-electron chi connectivity index (χ3n) is 5.07. The molecule has 3 aliphatic rings. The minimum Gasteiger partial charge on any atom is -0.444 e. The Bertz CT molecular complexity index is 407. The summed E-state index contributed by atoms with van der Waals surface area (Å²) in [5.41, 5.74) is -0.416. The Hall–Kier alpha value is -0.810. The van der Waals surface area contributed by atoms with Crippen LogP contribution in [0.2, 0.25) is 0 Å². The maximum atomic E-state index is 12.1. The highest BCUT2D eigenvalue weighted by Crippen LogP contribution is 2.35. The van der Waals surface area contributed by atoms with Crippen LogP contribution in [-0.2, 0) is 9.47 Å². The van der Waals surface area contributed by atoms with E-state index in [2.05, 4.69) is 5.32 Å². The van der Waals surface area contributed by atoms with Gasteiger partial charge in [0, 0.05) is 37.7 Å². The maximum absolute atomic E-state index is 12.1. The molecule has 1 amide bonds.